The van der Waals surface area contributed by atoms with Gasteiger partial charge in [0, 0.05) is 0 Å². The second-order valence-corrected chi connectivity index (χ2v) is 7.88. The highest BCUT2D eigenvalue weighted by molar-refractivity contribution is 14.1. The molecule has 0 fully saturated rings. The van der Waals surface area contributed by atoms with E-state index in [1.54, 1.807) is 12.1 Å². The SMILES string of the molecule is CCOc1cc(/C=C(\C#N)c2ccc(C)cc2)cc(I)c1OCc1ccc(F)cc1. The number of aryl methyl sites for hydroxylation is 1. The molecule has 0 bridgehead atoms. The molecule has 0 aliphatic carbocycles. The Balaban J connectivity index is 1.90. The Morgan fingerprint density at radius 1 is 1.07 bits per heavy atom. The summed E-state index contributed by atoms with van der Waals surface area (Å²) in [6, 6.07) is 20.2. The first-order chi connectivity index (χ1) is 14.5. The predicted octanol–water partition coefficient (Wildman–Crippen LogP) is 6.78. The molecule has 0 N–H and O–H groups in total. The van der Waals surface area contributed by atoms with E-state index >= 15 is 0 Å². The van der Waals surface area contributed by atoms with Gasteiger partial charge < -0.3 is 9.47 Å². The molecule has 3 aromatic carbocycles. The largest absolute Gasteiger partial charge is 0.490 e. The molecule has 0 spiro atoms. The number of benzene rings is 3. The lowest BCUT2D eigenvalue weighted by Crippen LogP contribution is -2.02. The van der Waals surface area contributed by atoms with Crippen LogP contribution in [-0.2, 0) is 6.61 Å². The van der Waals surface area contributed by atoms with E-state index in [0.29, 0.717) is 30.3 Å². The lowest BCUT2D eigenvalue weighted by atomic mass is 10.0. The van der Waals surface area contributed by atoms with Crippen molar-refractivity contribution in [2.75, 3.05) is 6.61 Å². The van der Waals surface area contributed by atoms with Gasteiger partial charge in [-0.15, -0.1) is 0 Å². The van der Waals surface area contributed by atoms with Gasteiger partial charge in [0.05, 0.1) is 21.8 Å². The van der Waals surface area contributed by atoms with Gasteiger partial charge in [-0.1, -0.05) is 42.0 Å². The maximum absolute atomic E-state index is 13.1. The molecule has 0 aliphatic heterocycles. The Hall–Kier alpha value is -2.85. The first-order valence-corrected chi connectivity index (χ1v) is 10.6. The van der Waals surface area contributed by atoms with Gasteiger partial charge in [-0.05, 0) is 83.5 Å². The van der Waals surface area contributed by atoms with Crippen LogP contribution in [0.1, 0.15) is 29.2 Å². The Bertz CT molecular complexity index is 1080. The average molecular weight is 513 g/mol. The summed E-state index contributed by atoms with van der Waals surface area (Å²) in [4.78, 5) is 0. The van der Waals surface area contributed by atoms with Crippen LogP contribution >= 0.6 is 22.6 Å². The van der Waals surface area contributed by atoms with Crippen molar-refractivity contribution in [2.24, 2.45) is 0 Å². The maximum Gasteiger partial charge on any atom is 0.175 e. The number of rotatable bonds is 7. The molecule has 3 aromatic rings. The molecule has 3 rings (SSSR count). The Morgan fingerprint density at radius 3 is 2.40 bits per heavy atom. The lowest BCUT2D eigenvalue weighted by Gasteiger charge is -2.15. The van der Waals surface area contributed by atoms with Crippen molar-refractivity contribution in [1.82, 2.24) is 0 Å². The van der Waals surface area contributed by atoms with Crippen LogP contribution in [0.4, 0.5) is 4.39 Å². The quantitative estimate of drug-likeness (QED) is 0.199. The number of hydrogen-bond acceptors (Lipinski definition) is 3. The standard InChI is InChI=1S/C25H21FINO2/c1-3-29-24-14-19(12-21(15-28)20-8-4-17(2)5-9-20)13-23(27)25(24)30-16-18-6-10-22(26)11-7-18/h4-14H,3,16H2,1-2H3/b21-12+. The smallest absolute Gasteiger partial charge is 0.175 e. The molecule has 0 amide bonds. The van der Waals surface area contributed by atoms with E-state index in [9.17, 15) is 9.65 Å². The minimum atomic E-state index is -0.277. The number of halogens is 2. The van der Waals surface area contributed by atoms with Gasteiger partial charge in [0.1, 0.15) is 12.4 Å². The molecule has 0 saturated heterocycles. The molecule has 3 nitrogen and oxygen atoms in total. The average Bonchev–Trinajstić information content (AvgIpc) is 2.73. The van der Waals surface area contributed by atoms with Crippen molar-refractivity contribution in [1.29, 1.82) is 5.26 Å². The highest BCUT2D eigenvalue weighted by Gasteiger charge is 2.13. The molecule has 0 unspecified atom stereocenters. The second-order valence-electron chi connectivity index (χ2n) is 6.71. The third-order valence-corrected chi connectivity index (χ3v) is 5.22. The van der Waals surface area contributed by atoms with Crippen molar-refractivity contribution < 1.29 is 13.9 Å². The first kappa shape index (κ1) is 21.8. The fraction of sp³-hybridized carbons (Fsp3) is 0.160. The van der Waals surface area contributed by atoms with Crippen molar-refractivity contribution in [3.05, 3.63) is 92.3 Å². The lowest BCUT2D eigenvalue weighted by molar-refractivity contribution is 0.267. The van der Waals surface area contributed by atoms with E-state index < -0.39 is 0 Å². The van der Waals surface area contributed by atoms with Crippen molar-refractivity contribution in [3.63, 3.8) is 0 Å². The fourth-order valence-corrected chi connectivity index (χ4v) is 3.67. The Labute approximate surface area is 189 Å². The van der Waals surface area contributed by atoms with E-state index in [2.05, 4.69) is 28.7 Å². The first-order valence-electron chi connectivity index (χ1n) is 9.52. The minimum absolute atomic E-state index is 0.277. The van der Waals surface area contributed by atoms with Crippen LogP contribution in [0.3, 0.4) is 0 Å². The van der Waals surface area contributed by atoms with Gasteiger partial charge in [0.15, 0.2) is 11.5 Å². The molecule has 0 atom stereocenters. The predicted molar refractivity (Wildman–Crippen MR) is 126 cm³/mol. The van der Waals surface area contributed by atoms with Crippen LogP contribution in [0, 0.1) is 27.6 Å². The van der Waals surface area contributed by atoms with E-state index in [1.807, 2.05) is 56.3 Å². The molecule has 0 radical (unpaired) electrons. The second kappa shape index (κ2) is 10.3. The van der Waals surface area contributed by atoms with Gasteiger partial charge in [0.25, 0.3) is 0 Å². The summed E-state index contributed by atoms with van der Waals surface area (Å²) < 4.78 is 25.8. The normalized spacial score (nSPS) is 11.1. The van der Waals surface area contributed by atoms with E-state index in [1.165, 1.54) is 12.1 Å². The van der Waals surface area contributed by atoms with Gasteiger partial charge in [-0.2, -0.15) is 5.26 Å². The van der Waals surface area contributed by atoms with Crippen molar-refractivity contribution in [3.8, 4) is 17.6 Å². The zero-order valence-electron chi connectivity index (χ0n) is 16.8. The zero-order valence-corrected chi connectivity index (χ0v) is 18.9. The Morgan fingerprint density at radius 2 is 1.77 bits per heavy atom. The van der Waals surface area contributed by atoms with Crippen LogP contribution in [0.2, 0.25) is 0 Å². The van der Waals surface area contributed by atoms with Crippen molar-refractivity contribution in [2.45, 2.75) is 20.5 Å². The summed E-state index contributed by atoms with van der Waals surface area (Å²) in [5.74, 6) is 0.966. The molecule has 0 aliphatic rings. The van der Waals surface area contributed by atoms with Crippen LogP contribution in [0.15, 0.2) is 60.7 Å². The van der Waals surface area contributed by atoms with Gasteiger partial charge in [-0.25, -0.2) is 4.39 Å². The van der Waals surface area contributed by atoms with Crippen molar-refractivity contribution >= 4 is 34.2 Å². The number of allylic oxidation sites excluding steroid dienone is 1. The monoisotopic (exact) mass is 513 g/mol. The zero-order chi connectivity index (χ0) is 21.5. The molecule has 30 heavy (non-hydrogen) atoms. The van der Waals surface area contributed by atoms with Gasteiger partial charge in [-0.3, -0.25) is 0 Å². The molecular formula is C25H21FINO2. The third-order valence-electron chi connectivity index (χ3n) is 4.42. The Kier molecular flexibility index (Phi) is 7.47. The van der Waals surface area contributed by atoms with Gasteiger partial charge in [0.2, 0.25) is 0 Å². The summed E-state index contributed by atoms with van der Waals surface area (Å²) in [7, 11) is 0. The summed E-state index contributed by atoms with van der Waals surface area (Å²) in [6.45, 7) is 4.71. The summed E-state index contributed by atoms with van der Waals surface area (Å²) in [5, 5.41) is 9.63. The topological polar surface area (TPSA) is 42.2 Å². The van der Waals surface area contributed by atoms with E-state index in [-0.39, 0.29) is 5.82 Å². The van der Waals surface area contributed by atoms with Crippen LogP contribution in [0.25, 0.3) is 11.6 Å². The third kappa shape index (κ3) is 5.61. The van der Waals surface area contributed by atoms with Gasteiger partial charge >= 0.3 is 0 Å². The van der Waals surface area contributed by atoms with Crippen LogP contribution in [0.5, 0.6) is 11.5 Å². The van der Waals surface area contributed by atoms with E-state index in [0.717, 1.165) is 25.8 Å². The van der Waals surface area contributed by atoms with E-state index in [4.69, 9.17) is 9.47 Å². The fourth-order valence-electron chi connectivity index (χ4n) is 2.89. The molecule has 0 heterocycles. The highest BCUT2D eigenvalue weighted by atomic mass is 127. The molecule has 0 saturated carbocycles. The minimum Gasteiger partial charge on any atom is -0.490 e. The molecule has 5 heteroatoms. The summed E-state index contributed by atoms with van der Waals surface area (Å²) in [6.07, 6.45) is 1.85. The maximum atomic E-state index is 13.1. The number of ether oxygens (including phenoxy) is 2. The number of hydrogen-bond donors (Lipinski definition) is 0. The molecule has 152 valence electrons. The number of nitriles is 1. The summed E-state index contributed by atoms with van der Waals surface area (Å²) in [5.41, 5.74) is 4.31. The summed E-state index contributed by atoms with van der Waals surface area (Å²) >= 11 is 2.20. The highest BCUT2D eigenvalue weighted by Crippen LogP contribution is 2.36. The number of nitrogens with zero attached hydrogens (tertiary/aromatic N) is 1. The van der Waals surface area contributed by atoms with Crippen LogP contribution < -0.4 is 9.47 Å². The molecule has 0 aromatic heterocycles. The van der Waals surface area contributed by atoms with Crippen LogP contribution in [-0.4, -0.2) is 6.61 Å². The molecular weight excluding hydrogens is 492 g/mol.